The fourth-order valence-corrected chi connectivity index (χ4v) is 2.56. The highest BCUT2D eigenvalue weighted by atomic mass is 16.5. The van der Waals surface area contributed by atoms with E-state index < -0.39 is 0 Å². The molecule has 0 aromatic heterocycles. The molecule has 1 rings (SSSR count). The van der Waals surface area contributed by atoms with Crippen molar-refractivity contribution in [1.29, 1.82) is 0 Å². The normalized spacial score (nSPS) is 22.1. The third kappa shape index (κ3) is 3.51. The zero-order valence-corrected chi connectivity index (χ0v) is 10.3. The molecule has 2 unspecified atom stereocenters. The summed E-state index contributed by atoms with van der Waals surface area (Å²) in [5.41, 5.74) is 0. The molecule has 1 fully saturated rings. The molecular formula is C13H24O2. The van der Waals surface area contributed by atoms with Crippen molar-refractivity contribution in [3.05, 3.63) is 0 Å². The zero-order valence-electron chi connectivity index (χ0n) is 10.3. The molecule has 15 heavy (non-hydrogen) atoms. The van der Waals surface area contributed by atoms with Gasteiger partial charge in [0.1, 0.15) is 0 Å². The summed E-state index contributed by atoms with van der Waals surface area (Å²) in [5, 5.41) is 0. The summed E-state index contributed by atoms with van der Waals surface area (Å²) in [4.78, 5) is 11.6. The molecule has 2 heteroatoms. The van der Waals surface area contributed by atoms with Gasteiger partial charge in [0.05, 0.1) is 12.5 Å². The molecule has 0 heterocycles. The van der Waals surface area contributed by atoms with Crippen LogP contribution in [-0.2, 0) is 9.53 Å². The van der Waals surface area contributed by atoms with Crippen LogP contribution in [0.25, 0.3) is 0 Å². The van der Waals surface area contributed by atoms with E-state index in [-0.39, 0.29) is 11.9 Å². The first-order valence-corrected chi connectivity index (χ1v) is 6.33. The van der Waals surface area contributed by atoms with Crippen LogP contribution in [0.5, 0.6) is 0 Å². The van der Waals surface area contributed by atoms with Crippen LogP contribution in [-0.4, -0.2) is 12.6 Å². The van der Waals surface area contributed by atoms with E-state index >= 15 is 0 Å². The number of esters is 1. The van der Waals surface area contributed by atoms with Gasteiger partial charge in [-0.15, -0.1) is 0 Å². The summed E-state index contributed by atoms with van der Waals surface area (Å²) in [6.45, 7) is 6.59. The lowest BCUT2D eigenvalue weighted by Gasteiger charge is -2.30. The molecule has 2 atom stereocenters. The second kappa shape index (κ2) is 6.14. The number of carbonyl (C=O) groups is 1. The smallest absolute Gasteiger partial charge is 0.308 e. The Balaban J connectivity index is 2.43. The summed E-state index contributed by atoms with van der Waals surface area (Å²) in [5.74, 6) is 1.26. The largest absolute Gasteiger partial charge is 0.466 e. The molecule has 2 nitrogen and oxygen atoms in total. The molecule has 88 valence electrons. The quantitative estimate of drug-likeness (QED) is 0.668. The summed E-state index contributed by atoms with van der Waals surface area (Å²) in [6.07, 6.45) is 6.64. The summed E-state index contributed by atoms with van der Waals surface area (Å²) < 4.78 is 5.08. The lowest BCUT2D eigenvalue weighted by molar-refractivity contribution is -0.150. The standard InChI is InChI=1S/C13H24O2/c1-4-15-13(14)11(3)10(2)12-8-6-5-7-9-12/h10-12H,4-9H2,1-3H3. The Morgan fingerprint density at radius 1 is 1.27 bits per heavy atom. The molecule has 1 aliphatic rings. The van der Waals surface area contributed by atoms with Crippen LogP contribution in [0.15, 0.2) is 0 Å². The maximum Gasteiger partial charge on any atom is 0.308 e. The molecular weight excluding hydrogens is 188 g/mol. The Kier molecular flexibility index (Phi) is 5.13. The fraction of sp³-hybridized carbons (Fsp3) is 0.923. The van der Waals surface area contributed by atoms with Crippen molar-refractivity contribution in [2.45, 2.75) is 52.9 Å². The molecule has 0 amide bonds. The Labute approximate surface area is 93.4 Å². The van der Waals surface area contributed by atoms with Crippen molar-refractivity contribution in [2.75, 3.05) is 6.61 Å². The Morgan fingerprint density at radius 3 is 2.40 bits per heavy atom. The molecule has 1 aliphatic carbocycles. The number of hydrogen-bond acceptors (Lipinski definition) is 2. The van der Waals surface area contributed by atoms with Crippen LogP contribution in [0, 0.1) is 17.8 Å². The van der Waals surface area contributed by atoms with Gasteiger partial charge in [-0.25, -0.2) is 0 Å². The van der Waals surface area contributed by atoms with Gasteiger partial charge in [-0.1, -0.05) is 46.0 Å². The van der Waals surface area contributed by atoms with Gasteiger partial charge in [0.2, 0.25) is 0 Å². The molecule has 0 radical (unpaired) electrons. The lowest BCUT2D eigenvalue weighted by Crippen LogP contribution is -2.28. The minimum Gasteiger partial charge on any atom is -0.466 e. The van der Waals surface area contributed by atoms with Crippen molar-refractivity contribution in [2.24, 2.45) is 17.8 Å². The van der Waals surface area contributed by atoms with Gasteiger partial charge < -0.3 is 4.74 Å². The van der Waals surface area contributed by atoms with Crippen molar-refractivity contribution in [3.8, 4) is 0 Å². The maximum absolute atomic E-state index is 11.6. The van der Waals surface area contributed by atoms with Crippen LogP contribution in [0.4, 0.5) is 0 Å². The second-order valence-corrected chi connectivity index (χ2v) is 4.80. The fourth-order valence-electron chi connectivity index (χ4n) is 2.56. The summed E-state index contributed by atoms with van der Waals surface area (Å²) in [6, 6.07) is 0. The van der Waals surface area contributed by atoms with Gasteiger partial charge in [0.15, 0.2) is 0 Å². The SMILES string of the molecule is CCOC(=O)C(C)C(C)C1CCCCC1. The highest BCUT2D eigenvalue weighted by Gasteiger charge is 2.29. The van der Waals surface area contributed by atoms with E-state index in [1.165, 1.54) is 32.1 Å². The van der Waals surface area contributed by atoms with Gasteiger partial charge in [0.25, 0.3) is 0 Å². The zero-order chi connectivity index (χ0) is 11.3. The van der Waals surface area contributed by atoms with Crippen LogP contribution >= 0.6 is 0 Å². The second-order valence-electron chi connectivity index (χ2n) is 4.80. The van der Waals surface area contributed by atoms with Crippen molar-refractivity contribution < 1.29 is 9.53 Å². The Morgan fingerprint density at radius 2 is 1.87 bits per heavy atom. The molecule has 0 N–H and O–H groups in total. The molecule has 0 aromatic carbocycles. The topological polar surface area (TPSA) is 26.3 Å². The van der Waals surface area contributed by atoms with E-state index in [1.807, 2.05) is 13.8 Å². The van der Waals surface area contributed by atoms with Crippen LogP contribution in [0.1, 0.15) is 52.9 Å². The minimum atomic E-state index is -0.0180. The highest BCUT2D eigenvalue weighted by molar-refractivity contribution is 5.72. The third-order valence-electron chi connectivity index (χ3n) is 3.84. The van der Waals surface area contributed by atoms with E-state index in [1.54, 1.807) is 0 Å². The predicted octanol–water partition coefficient (Wildman–Crippen LogP) is 3.40. The van der Waals surface area contributed by atoms with Gasteiger partial charge in [-0.2, -0.15) is 0 Å². The third-order valence-corrected chi connectivity index (χ3v) is 3.84. The molecule has 0 saturated heterocycles. The molecule has 0 spiro atoms. The van der Waals surface area contributed by atoms with Gasteiger partial charge >= 0.3 is 5.97 Å². The molecule has 1 saturated carbocycles. The predicted molar refractivity (Wildman–Crippen MR) is 61.5 cm³/mol. The molecule has 0 aromatic rings. The van der Waals surface area contributed by atoms with Gasteiger partial charge in [-0.3, -0.25) is 4.79 Å². The molecule has 0 bridgehead atoms. The minimum absolute atomic E-state index is 0.0180. The first-order valence-electron chi connectivity index (χ1n) is 6.33. The van der Waals surface area contributed by atoms with Gasteiger partial charge in [0, 0.05) is 0 Å². The first kappa shape index (κ1) is 12.5. The summed E-state index contributed by atoms with van der Waals surface area (Å²) >= 11 is 0. The first-order chi connectivity index (χ1) is 7.16. The van der Waals surface area contributed by atoms with Crippen molar-refractivity contribution >= 4 is 5.97 Å². The number of ether oxygens (including phenoxy) is 1. The lowest BCUT2D eigenvalue weighted by atomic mass is 9.75. The van der Waals surface area contributed by atoms with E-state index in [0.717, 1.165) is 5.92 Å². The van der Waals surface area contributed by atoms with Crippen molar-refractivity contribution in [1.82, 2.24) is 0 Å². The van der Waals surface area contributed by atoms with Crippen molar-refractivity contribution in [3.63, 3.8) is 0 Å². The Hall–Kier alpha value is -0.530. The number of carbonyl (C=O) groups excluding carboxylic acids is 1. The maximum atomic E-state index is 11.6. The van der Waals surface area contributed by atoms with E-state index in [0.29, 0.717) is 12.5 Å². The van der Waals surface area contributed by atoms with Crippen LogP contribution in [0.3, 0.4) is 0 Å². The van der Waals surface area contributed by atoms with E-state index in [9.17, 15) is 4.79 Å². The summed E-state index contributed by atoms with van der Waals surface area (Å²) in [7, 11) is 0. The Bertz CT molecular complexity index is 195. The number of hydrogen-bond donors (Lipinski definition) is 0. The average Bonchev–Trinajstić information content (AvgIpc) is 2.28. The highest BCUT2D eigenvalue weighted by Crippen LogP contribution is 2.33. The monoisotopic (exact) mass is 212 g/mol. The van der Waals surface area contributed by atoms with E-state index in [4.69, 9.17) is 4.74 Å². The van der Waals surface area contributed by atoms with Gasteiger partial charge in [-0.05, 0) is 18.8 Å². The number of rotatable bonds is 4. The van der Waals surface area contributed by atoms with E-state index in [2.05, 4.69) is 6.92 Å². The van der Waals surface area contributed by atoms with Crippen LogP contribution in [0.2, 0.25) is 0 Å². The average molecular weight is 212 g/mol. The van der Waals surface area contributed by atoms with Crippen LogP contribution < -0.4 is 0 Å². The molecule has 0 aliphatic heterocycles.